The van der Waals surface area contributed by atoms with Gasteiger partial charge in [0.2, 0.25) is 5.82 Å². The maximum absolute atomic E-state index is 12.1. The number of amides is 1. The van der Waals surface area contributed by atoms with E-state index in [1.807, 2.05) is 30.3 Å². The highest BCUT2D eigenvalue weighted by atomic mass is 16.6. The molecule has 11 nitrogen and oxygen atoms in total. The molecule has 0 saturated carbocycles. The van der Waals surface area contributed by atoms with E-state index in [0.29, 0.717) is 0 Å². The van der Waals surface area contributed by atoms with Gasteiger partial charge in [-0.2, -0.15) is 0 Å². The van der Waals surface area contributed by atoms with Crippen LogP contribution in [0.4, 0.5) is 0 Å². The maximum Gasteiger partial charge on any atom is 0.335 e. The minimum atomic E-state index is -1.37. The van der Waals surface area contributed by atoms with Crippen LogP contribution in [0, 0.1) is 0 Å². The van der Waals surface area contributed by atoms with Crippen molar-refractivity contribution in [3.05, 3.63) is 48.0 Å². The molecule has 1 aliphatic heterocycles. The molecule has 1 amide bonds. The van der Waals surface area contributed by atoms with Gasteiger partial charge in [-0.1, -0.05) is 30.3 Å². The van der Waals surface area contributed by atoms with E-state index in [2.05, 4.69) is 10.1 Å². The number of ether oxygens (including phenoxy) is 3. The number of aliphatic hydroxyl groups is 2. The van der Waals surface area contributed by atoms with Crippen LogP contribution < -0.4 is 5.73 Å². The van der Waals surface area contributed by atoms with E-state index < -0.39 is 42.5 Å². The Bertz CT molecular complexity index is 844. The van der Waals surface area contributed by atoms with Crippen molar-refractivity contribution in [2.24, 2.45) is 5.73 Å². The van der Waals surface area contributed by atoms with Gasteiger partial charge in [0.05, 0.1) is 6.61 Å². The quantitative estimate of drug-likeness (QED) is 0.474. The largest absolute Gasteiger partial charge is 0.461 e. The average molecular weight is 406 g/mol. The van der Waals surface area contributed by atoms with Crippen molar-refractivity contribution >= 4 is 11.9 Å². The molecule has 3 rings (SSSR count). The lowest BCUT2D eigenvalue weighted by Crippen LogP contribution is -2.35. The zero-order valence-corrected chi connectivity index (χ0v) is 15.6. The maximum atomic E-state index is 12.1. The lowest BCUT2D eigenvalue weighted by Gasteiger charge is -2.17. The molecule has 2 heterocycles. The van der Waals surface area contributed by atoms with Crippen molar-refractivity contribution in [2.45, 2.75) is 44.2 Å². The monoisotopic (exact) mass is 406 g/mol. The predicted octanol–water partition coefficient (Wildman–Crippen LogP) is -0.855. The van der Waals surface area contributed by atoms with Gasteiger partial charge in [0.15, 0.2) is 12.3 Å². The molecule has 1 unspecified atom stereocenters. The molecule has 2 aromatic rings. The SMILES string of the molecule is C[C@H](OCc1ccccc1)C(=O)OC[C@H]1O[C@@H](n2cnc(C(N)=O)n2)C(O)[C@@H]1O. The first-order valence-corrected chi connectivity index (χ1v) is 8.91. The Morgan fingerprint density at radius 3 is 2.66 bits per heavy atom. The molecule has 0 spiro atoms. The smallest absolute Gasteiger partial charge is 0.335 e. The highest BCUT2D eigenvalue weighted by Crippen LogP contribution is 2.29. The number of aromatic nitrogens is 3. The minimum absolute atomic E-state index is 0.245. The van der Waals surface area contributed by atoms with Crippen molar-refractivity contribution in [2.75, 3.05) is 6.61 Å². The number of carbonyl (C=O) groups excluding carboxylic acids is 2. The van der Waals surface area contributed by atoms with Gasteiger partial charge in [-0.05, 0) is 12.5 Å². The summed E-state index contributed by atoms with van der Waals surface area (Å²) in [4.78, 5) is 26.9. The third-order valence-corrected chi connectivity index (χ3v) is 4.39. The summed E-state index contributed by atoms with van der Waals surface area (Å²) in [5.41, 5.74) is 6.00. The number of esters is 1. The molecule has 5 atom stereocenters. The molecular weight excluding hydrogens is 384 g/mol. The normalized spacial score (nSPS) is 24.9. The zero-order valence-electron chi connectivity index (χ0n) is 15.6. The number of nitrogens with two attached hydrogens (primary N) is 1. The van der Waals surface area contributed by atoms with E-state index in [9.17, 15) is 19.8 Å². The predicted molar refractivity (Wildman–Crippen MR) is 96.1 cm³/mol. The highest BCUT2D eigenvalue weighted by Gasteiger charge is 2.45. The van der Waals surface area contributed by atoms with E-state index in [1.54, 1.807) is 6.92 Å². The van der Waals surface area contributed by atoms with Gasteiger partial charge < -0.3 is 30.2 Å². The molecule has 4 N–H and O–H groups in total. The lowest BCUT2D eigenvalue weighted by atomic mass is 10.1. The molecule has 1 fully saturated rings. The number of hydrogen-bond acceptors (Lipinski definition) is 9. The van der Waals surface area contributed by atoms with Crippen molar-refractivity contribution in [1.29, 1.82) is 0 Å². The molecule has 0 aliphatic carbocycles. The summed E-state index contributed by atoms with van der Waals surface area (Å²) in [5.74, 6) is -1.73. The molecule has 0 bridgehead atoms. The highest BCUT2D eigenvalue weighted by molar-refractivity contribution is 5.88. The number of nitrogens with zero attached hydrogens (tertiary/aromatic N) is 3. The number of carbonyl (C=O) groups is 2. The Morgan fingerprint density at radius 1 is 1.28 bits per heavy atom. The van der Waals surface area contributed by atoms with Gasteiger partial charge in [0, 0.05) is 0 Å². The van der Waals surface area contributed by atoms with Crippen LogP contribution in [0.5, 0.6) is 0 Å². The fourth-order valence-electron chi connectivity index (χ4n) is 2.74. The number of aliphatic hydroxyl groups excluding tert-OH is 2. The van der Waals surface area contributed by atoms with Crippen LogP contribution in [-0.2, 0) is 25.6 Å². The van der Waals surface area contributed by atoms with E-state index in [1.165, 1.54) is 0 Å². The molecule has 11 heteroatoms. The van der Waals surface area contributed by atoms with Crippen LogP contribution in [0.15, 0.2) is 36.7 Å². The molecule has 1 aliphatic rings. The second-order valence-electron chi connectivity index (χ2n) is 6.53. The number of primary amides is 1. The Kier molecular flexibility index (Phi) is 6.54. The molecule has 1 aromatic heterocycles. The molecule has 156 valence electrons. The number of hydrogen-bond donors (Lipinski definition) is 3. The van der Waals surface area contributed by atoms with Crippen LogP contribution in [0.25, 0.3) is 0 Å². The second-order valence-corrected chi connectivity index (χ2v) is 6.53. The Morgan fingerprint density at radius 2 is 2.00 bits per heavy atom. The fourth-order valence-corrected chi connectivity index (χ4v) is 2.74. The minimum Gasteiger partial charge on any atom is -0.461 e. The first kappa shape index (κ1) is 20.9. The van der Waals surface area contributed by atoms with Crippen molar-refractivity contribution in [3.63, 3.8) is 0 Å². The molecule has 1 aromatic carbocycles. The Hall–Kier alpha value is -2.86. The van der Waals surface area contributed by atoms with Gasteiger partial charge >= 0.3 is 5.97 Å². The van der Waals surface area contributed by atoms with E-state index >= 15 is 0 Å². The number of benzene rings is 1. The van der Waals surface area contributed by atoms with Gasteiger partial charge in [-0.3, -0.25) is 4.79 Å². The summed E-state index contributed by atoms with van der Waals surface area (Å²) >= 11 is 0. The van der Waals surface area contributed by atoms with Crippen LogP contribution in [0.2, 0.25) is 0 Å². The Labute approximate surface area is 166 Å². The average Bonchev–Trinajstić information content (AvgIpc) is 3.31. The summed E-state index contributed by atoms with van der Waals surface area (Å²) in [6, 6.07) is 9.35. The van der Waals surface area contributed by atoms with Crippen molar-refractivity contribution in [1.82, 2.24) is 14.8 Å². The van der Waals surface area contributed by atoms with Crippen LogP contribution in [-0.4, -0.2) is 67.9 Å². The summed E-state index contributed by atoms with van der Waals surface area (Å²) < 4.78 is 17.2. The van der Waals surface area contributed by atoms with Gasteiger partial charge in [-0.15, -0.1) is 5.10 Å². The van der Waals surface area contributed by atoms with E-state index in [4.69, 9.17) is 19.9 Å². The van der Waals surface area contributed by atoms with Crippen molar-refractivity contribution < 1.29 is 34.0 Å². The summed E-state index contributed by atoms with van der Waals surface area (Å²) in [7, 11) is 0. The molecular formula is C18H22N4O7. The molecule has 0 radical (unpaired) electrons. The third-order valence-electron chi connectivity index (χ3n) is 4.39. The second kappa shape index (κ2) is 9.09. The third kappa shape index (κ3) is 4.95. The topological polar surface area (TPSA) is 159 Å². The van der Waals surface area contributed by atoms with Crippen molar-refractivity contribution in [3.8, 4) is 0 Å². The molecule has 1 saturated heterocycles. The molecule has 29 heavy (non-hydrogen) atoms. The Balaban J connectivity index is 1.50. The van der Waals surface area contributed by atoms with Crippen LogP contribution in [0.1, 0.15) is 29.3 Å². The van der Waals surface area contributed by atoms with E-state index in [0.717, 1.165) is 16.6 Å². The van der Waals surface area contributed by atoms with E-state index in [-0.39, 0.29) is 19.0 Å². The zero-order chi connectivity index (χ0) is 21.0. The first-order chi connectivity index (χ1) is 13.9. The summed E-state index contributed by atoms with van der Waals surface area (Å²) in [6.45, 7) is 1.49. The van der Waals surface area contributed by atoms with Crippen LogP contribution in [0.3, 0.4) is 0 Å². The fraction of sp³-hybridized carbons (Fsp3) is 0.444. The summed E-state index contributed by atoms with van der Waals surface area (Å²) in [6.07, 6.45) is -4.50. The lowest BCUT2D eigenvalue weighted by molar-refractivity contribution is -0.163. The summed E-state index contributed by atoms with van der Waals surface area (Å²) in [5, 5.41) is 24.1. The van der Waals surface area contributed by atoms with Gasteiger partial charge in [-0.25, -0.2) is 14.5 Å². The van der Waals surface area contributed by atoms with Gasteiger partial charge in [0.1, 0.15) is 31.2 Å². The standard InChI is InChI=1S/C18H22N4O7/c1-10(27-7-11-5-3-2-4-6-11)18(26)28-8-12-13(23)14(24)17(29-12)22-9-20-16(21-22)15(19)25/h2-6,9-10,12-14,17,23-24H,7-8H2,1H3,(H2,19,25)/t10-,12+,13+,14?,17+/m0/s1. The van der Waals surface area contributed by atoms with Crippen LogP contribution >= 0.6 is 0 Å². The number of rotatable bonds is 8. The first-order valence-electron chi connectivity index (χ1n) is 8.91. The van der Waals surface area contributed by atoms with Gasteiger partial charge in [0.25, 0.3) is 5.91 Å².